The summed E-state index contributed by atoms with van der Waals surface area (Å²) >= 11 is 0. The maximum atomic E-state index is 13.4. The van der Waals surface area contributed by atoms with Gasteiger partial charge < -0.3 is 4.74 Å². The Morgan fingerprint density at radius 3 is 2.29 bits per heavy atom. The van der Waals surface area contributed by atoms with Crippen molar-refractivity contribution in [2.24, 2.45) is 0 Å². The van der Waals surface area contributed by atoms with Crippen LogP contribution in [0.2, 0.25) is 0 Å². The fourth-order valence-electron chi connectivity index (χ4n) is 1.30. The van der Waals surface area contributed by atoms with Crippen LogP contribution in [0.1, 0.15) is 10.4 Å². The van der Waals surface area contributed by atoms with Crippen molar-refractivity contribution in [1.82, 2.24) is 0 Å². The lowest BCUT2D eigenvalue weighted by Crippen LogP contribution is -1.90. The lowest BCUT2D eigenvalue weighted by Gasteiger charge is -2.06. The van der Waals surface area contributed by atoms with Crippen LogP contribution in [-0.2, 0) is 0 Å². The molecule has 0 fully saturated rings. The first-order valence-corrected chi connectivity index (χ1v) is 4.87. The summed E-state index contributed by atoms with van der Waals surface area (Å²) in [6.07, 6.45) is 0.546. The number of carbonyl (C=O) groups excluding carboxylic acids is 1. The second-order valence-corrected chi connectivity index (χ2v) is 3.36. The minimum absolute atomic E-state index is 0.0118. The van der Waals surface area contributed by atoms with E-state index < -0.39 is 11.6 Å². The van der Waals surface area contributed by atoms with E-state index in [9.17, 15) is 13.6 Å². The second-order valence-electron chi connectivity index (χ2n) is 3.36. The number of carbonyl (C=O) groups is 1. The molecule has 0 N–H and O–H groups in total. The molecule has 2 nitrogen and oxygen atoms in total. The van der Waals surface area contributed by atoms with Crippen LogP contribution in [0.15, 0.2) is 42.5 Å². The van der Waals surface area contributed by atoms with E-state index in [2.05, 4.69) is 0 Å². The van der Waals surface area contributed by atoms with Crippen LogP contribution in [0, 0.1) is 11.6 Å². The minimum Gasteiger partial charge on any atom is -0.454 e. The summed E-state index contributed by atoms with van der Waals surface area (Å²) in [5.74, 6) is -0.723. The summed E-state index contributed by atoms with van der Waals surface area (Å²) in [7, 11) is 0. The van der Waals surface area contributed by atoms with Gasteiger partial charge in [-0.1, -0.05) is 0 Å². The highest BCUT2D eigenvalue weighted by atomic mass is 19.1. The Kier molecular flexibility index (Phi) is 3.14. The van der Waals surface area contributed by atoms with Crippen LogP contribution in [0.5, 0.6) is 11.5 Å². The van der Waals surface area contributed by atoms with Gasteiger partial charge in [0, 0.05) is 5.56 Å². The van der Waals surface area contributed by atoms with Gasteiger partial charge in [-0.2, -0.15) is 0 Å². The quantitative estimate of drug-likeness (QED) is 0.759. The zero-order valence-electron chi connectivity index (χ0n) is 8.69. The van der Waals surface area contributed by atoms with Crippen molar-refractivity contribution < 1.29 is 18.3 Å². The molecule has 0 aromatic heterocycles. The van der Waals surface area contributed by atoms with Gasteiger partial charge in [-0.3, -0.25) is 4.79 Å². The molecule has 0 heterocycles. The second kappa shape index (κ2) is 4.74. The van der Waals surface area contributed by atoms with E-state index in [4.69, 9.17) is 4.74 Å². The Morgan fingerprint density at radius 2 is 1.71 bits per heavy atom. The van der Waals surface area contributed by atoms with Gasteiger partial charge in [-0.05, 0) is 42.5 Å². The average Bonchev–Trinajstić information content (AvgIpc) is 2.34. The van der Waals surface area contributed by atoms with Crippen molar-refractivity contribution in [3.8, 4) is 11.5 Å². The van der Waals surface area contributed by atoms with Crippen LogP contribution in [0.3, 0.4) is 0 Å². The molecule has 86 valence electrons. The van der Waals surface area contributed by atoms with Crippen molar-refractivity contribution in [3.63, 3.8) is 0 Å². The van der Waals surface area contributed by atoms with E-state index in [1.54, 1.807) is 0 Å². The highest BCUT2D eigenvalue weighted by Gasteiger charge is 2.05. The SMILES string of the molecule is O=Cc1ccc(Oc2ccc(F)cc2)c(F)c1. The molecule has 4 heteroatoms. The number of ether oxygens (including phenoxy) is 1. The van der Waals surface area contributed by atoms with E-state index in [1.807, 2.05) is 0 Å². The van der Waals surface area contributed by atoms with Crippen LogP contribution >= 0.6 is 0 Å². The van der Waals surface area contributed by atoms with Gasteiger partial charge in [-0.15, -0.1) is 0 Å². The Balaban J connectivity index is 2.24. The van der Waals surface area contributed by atoms with E-state index in [0.717, 1.165) is 6.07 Å². The molecule has 2 aromatic carbocycles. The zero-order chi connectivity index (χ0) is 12.3. The molecule has 0 amide bonds. The number of benzene rings is 2. The monoisotopic (exact) mass is 234 g/mol. The third kappa shape index (κ3) is 2.66. The summed E-state index contributed by atoms with van der Waals surface area (Å²) < 4.78 is 31.3. The molecule has 0 saturated heterocycles. The van der Waals surface area contributed by atoms with Crippen LogP contribution in [0.4, 0.5) is 8.78 Å². The third-order valence-corrected chi connectivity index (χ3v) is 2.13. The Bertz CT molecular complexity index is 536. The summed E-state index contributed by atoms with van der Waals surface area (Å²) in [5.41, 5.74) is 0.231. The lowest BCUT2D eigenvalue weighted by molar-refractivity contribution is 0.112. The van der Waals surface area contributed by atoms with E-state index in [0.29, 0.717) is 12.0 Å². The summed E-state index contributed by atoms with van der Waals surface area (Å²) in [6, 6.07) is 9.08. The van der Waals surface area contributed by atoms with Crippen molar-refractivity contribution in [2.45, 2.75) is 0 Å². The summed E-state index contributed by atoms with van der Waals surface area (Å²) in [4.78, 5) is 10.4. The molecule has 17 heavy (non-hydrogen) atoms. The first-order chi connectivity index (χ1) is 8.19. The molecule has 2 rings (SSSR count). The molecule has 0 aliphatic heterocycles. The Hall–Kier alpha value is -2.23. The molecule has 0 bridgehead atoms. The fraction of sp³-hybridized carbons (Fsp3) is 0. The molecule has 0 aliphatic carbocycles. The largest absolute Gasteiger partial charge is 0.454 e. The van der Waals surface area contributed by atoms with Crippen molar-refractivity contribution in [1.29, 1.82) is 0 Å². The summed E-state index contributed by atoms with van der Waals surface area (Å²) in [5, 5.41) is 0. The Morgan fingerprint density at radius 1 is 1.00 bits per heavy atom. The third-order valence-electron chi connectivity index (χ3n) is 2.13. The van der Waals surface area contributed by atoms with Crippen molar-refractivity contribution in [2.75, 3.05) is 0 Å². The molecular weight excluding hydrogens is 226 g/mol. The molecule has 0 aliphatic rings. The van der Waals surface area contributed by atoms with E-state index >= 15 is 0 Å². The van der Waals surface area contributed by atoms with Crippen LogP contribution in [-0.4, -0.2) is 6.29 Å². The van der Waals surface area contributed by atoms with E-state index in [-0.39, 0.29) is 11.3 Å². The topological polar surface area (TPSA) is 26.3 Å². The van der Waals surface area contributed by atoms with Gasteiger partial charge in [-0.25, -0.2) is 8.78 Å². The van der Waals surface area contributed by atoms with Gasteiger partial charge in [0.25, 0.3) is 0 Å². The molecular formula is C13H8F2O2. The van der Waals surface area contributed by atoms with Crippen LogP contribution < -0.4 is 4.74 Å². The lowest BCUT2D eigenvalue weighted by atomic mass is 10.2. The van der Waals surface area contributed by atoms with Gasteiger partial charge >= 0.3 is 0 Å². The van der Waals surface area contributed by atoms with Gasteiger partial charge in [0.1, 0.15) is 17.9 Å². The first kappa shape index (κ1) is 11.3. The summed E-state index contributed by atoms with van der Waals surface area (Å²) in [6.45, 7) is 0. The molecule has 0 saturated carbocycles. The predicted octanol–water partition coefficient (Wildman–Crippen LogP) is 3.57. The maximum Gasteiger partial charge on any atom is 0.166 e. The number of halogens is 2. The number of aldehydes is 1. The van der Waals surface area contributed by atoms with E-state index in [1.165, 1.54) is 36.4 Å². The predicted molar refractivity (Wildman–Crippen MR) is 58.3 cm³/mol. The van der Waals surface area contributed by atoms with Gasteiger partial charge in [0.2, 0.25) is 0 Å². The standard InChI is InChI=1S/C13H8F2O2/c14-10-2-4-11(5-3-10)17-13-6-1-9(8-16)7-12(13)15/h1-8H. The normalized spacial score (nSPS) is 10.0. The Labute approximate surface area is 96.5 Å². The fourth-order valence-corrected chi connectivity index (χ4v) is 1.30. The zero-order valence-corrected chi connectivity index (χ0v) is 8.69. The van der Waals surface area contributed by atoms with Crippen molar-refractivity contribution >= 4 is 6.29 Å². The molecule has 0 unspecified atom stereocenters. The number of hydrogen-bond donors (Lipinski definition) is 0. The van der Waals surface area contributed by atoms with Crippen LogP contribution in [0.25, 0.3) is 0 Å². The van der Waals surface area contributed by atoms with Crippen molar-refractivity contribution in [3.05, 3.63) is 59.7 Å². The molecule has 0 atom stereocenters. The highest BCUT2D eigenvalue weighted by molar-refractivity contribution is 5.75. The average molecular weight is 234 g/mol. The molecule has 0 radical (unpaired) electrons. The number of rotatable bonds is 3. The minimum atomic E-state index is -0.640. The molecule has 0 spiro atoms. The highest BCUT2D eigenvalue weighted by Crippen LogP contribution is 2.24. The maximum absolute atomic E-state index is 13.4. The smallest absolute Gasteiger partial charge is 0.166 e. The first-order valence-electron chi connectivity index (χ1n) is 4.87. The molecule has 2 aromatic rings. The van der Waals surface area contributed by atoms with Gasteiger partial charge in [0.05, 0.1) is 0 Å². The van der Waals surface area contributed by atoms with Gasteiger partial charge in [0.15, 0.2) is 11.6 Å². The number of hydrogen-bond acceptors (Lipinski definition) is 2.